The number of aryl methyl sites for hydroxylation is 1. The van der Waals surface area contributed by atoms with Gasteiger partial charge in [-0.15, -0.1) is 0 Å². The highest BCUT2D eigenvalue weighted by Gasteiger charge is 2.07. The van der Waals surface area contributed by atoms with Gasteiger partial charge >= 0.3 is 0 Å². The third-order valence-corrected chi connectivity index (χ3v) is 3.81. The summed E-state index contributed by atoms with van der Waals surface area (Å²) in [7, 11) is 0. The molecular formula is C15H11Cl2N3. The SMILES string of the molecule is Cc1ccncc1-c1ccn(-c2ccc(Cl)c(Cl)c2)n1. The molecular weight excluding hydrogens is 293 g/mol. The molecule has 0 atom stereocenters. The van der Waals surface area contributed by atoms with Gasteiger partial charge in [0.2, 0.25) is 0 Å². The summed E-state index contributed by atoms with van der Waals surface area (Å²) in [5.74, 6) is 0. The maximum Gasteiger partial charge on any atom is 0.0945 e. The van der Waals surface area contributed by atoms with Crippen molar-refractivity contribution >= 4 is 23.2 Å². The number of hydrogen-bond donors (Lipinski definition) is 0. The smallest absolute Gasteiger partial charge is 0.0945 e. The van der Waals surface area contributed by atoms with E-state index < -0.39 is 0 Å². The molecule has 1 aromatic carbocycles. The number of rotatable bonds is 2. The molecule has 5 heteroatoms. The van der Waals surface area contributed by atoms with Crippen LogP contribution in [0.1, 0.15) is 5.56 Å². The molecule has 0 aliphatic heterocycles. The van der Waals surface area contributed by atoms with Gasteiger partial charge in [0.1, 0.15) is 0 Å². The first kappa shape index (κ1) is 13.2. The third kappa shape index (κ3) is 2.42. The lowest BCUT2D eigenvalue weighted by Gasteiger charge is -2.04. The molecule has 0 saturated carbocycles. The molecule has 3 aromatic rings. The Hall–Kier alpha value is -1.84. The quantitative estimate of drug-likeness (QED) is 0.695. The second-order valence-electron chi connectivity index (χ2n) is 4.43. The van der Waals surface area contributed by atoms with E-state index in [1.807, 2.05) is 37.5 Å². The van der Waals surface area contributed by atoms with Gasteiger partial charge in [-0.05, 0) is 42.8 Å². The fraction of sp³-hybridized carbons (Fsp3) is 0.0667. The van der Waals surface area contributed by atoms with Gasteiger partial charge in [0.25, 0.3) is 0 Å². The molecule has 20 heavy (non-hydrogen) atoms. The Bertz CT molecular complexity index is 765. The monoisotopic (exact) mass is 303 g/mol. The van der Waals surface area contributed by atoms with Crippen LogP contribution in [0.4, 0.5) is 0 Å². The zero-order valence-electron chi connectivity index (χ0n) is 10.7. The van der Waals surface area contributed by atoms with Gasteiger partial charge in [-0.2, -0.15) is 5.10 Å². The first-order chi connectivity index (χ1) is 9.65. The summed E-state index contributed by atoms with van der Waals surface area (Å²) < 4.78 is 1.77. The van der Waals surface area contributed by atoms with Crippen molar-refractivity contribution in [1.82, 2.24) is 14.8 Å². The maximum absolute atomic E-state index is 6.03. The van der Waals surface area contributed by atoms with Crippen LogP contribution >= 0.6 is 23.2 Å². The summed E-state index contributed by atoms with van der Waals surface area (Å²) in [5.41, 5.74) is 3.90. The van der Waals surface area contributed by atoms with E-state index in [4.69, 9.17) is 23.2 Å². The predicted molar refractivity (Wildman–Crippen MR) is 81.6 cm³/mol. The molecule has 0 saturated heterocycles. The molecule has 0 N–H and O–H groups in total. The molecule has 0 radical (unpaired) electrons. The summed E-state index contributed by atoms with van der Waals surface area (Å²) in [6, 6.07) is 9.34. The van der Waals surface area contributed by atoms with Crippen LogP contribution in [0.5, 0.6) is 0 Å². The van der Waals surface area contributed by atoms with Crippen molar-refractivity contribution in [2.75, 3.05) is 0 Å². The van der Waals surface area contributed by atoms with Crippen LogP contribution in [-0.2, 0) is 0 Å². The van der Waals surface area contributed by atoms with Gasteiger partial charge in [0.05, 0.1) is 21.4 Å². The maximum atomic E-state index is 6.03. The lowest BCUT2D eigenvalue weighted by Crippen LogP contribution is -1.95. The van der Waals surface area contributed by atoms with Crippen molar-refractivity contribution < 1.29 is 0 Å². The Labute approximate surface area is 126 Å². The molecule has 0 bridgehead atoms. The fourth-order valence-electron chi connectivity index (χ4n) is 1.97. The van der Waals surface area contributed by atoms with E-state index in [2.05, 4.69) is 10.1 Å². The Balaban J connectivity index is 2.02. The van der Waals surface area contributed by atoms with E-state index in [1.54, 1.807) is 23.0 Å². The van der Waals surface area contributed by atoms with Crippen molar-refractivity contribution in [3.63, 3.8) is 0 Å². The second-order valence-corrected chi connectivity index (χ2v) is 5.25. The Morgan fingerprint density at radius 1 is 1.05 bits per heavy atom. The summed E-state index contributed by atoms with van der Waals surface area (Å²) in [5, 5.41) is 5.60. The molecule has 0 amide bonds. The average molecular weight is 304 g/mol. The zero-order valence-corrected chi connectivity index (χ0v) is 12.2. The van der Waals surface area contributed by atoms with E-state index >= 15 is 0 Å². The lowest BCUT2D eigenvalue weighted by atomic mass is 10.1. The number of benzene rings is 1. The minimum absolute atomic E-state index is 0.513. The molecule has 0 fully saturated rings. The van der Waals surface area contributed by atoms with E-state index in [9.17, 15) is 0 Å². The minimum atomic E-state index is 0.513. The lowest BCUT2D eigenvalue weighted by molar-refractivity contribution is 0.883. The first-order valence-electron chi connectivity index (χ1n) is 6.07. The highest BCUT2D eigenvalue weighted by molar-refractivity contribution is 6.42. The van der Waals surface area contributed by atoms with Crippen molar-refractivity contribution in [1.29, 1.82) is 0 Å². The molecule has 0 aliphatic carbocycles. The first-order valence-corrected chi connectivity index (χ1v) is 6.83. The normalized spacial score (nSPS) is 10.8. The largest absolute Gasteiger partial charge is 0.264 e. The van der Waals surface area contributed by atoms with Crippen molar-refractivity contribution in [2.24, 2.45) is 0 Å². The standard InChI is InChI=1S/C15H11Cl2N3/c1-10-4-6-18-9-12(10)15-5-7-20(19-15)11-2-3-13(16)14(17)8-11/h2-9H,1H3. The van der Waals surface area contributed by atoms with Gasteiger partial charge < -0.3 is 0 Å². The van der Waals surface area contributed by atoms with Crippen LogP contribution in [0, 0.1) is 6.92 Å². The molecule has 3 nitrogen and oxygen atoms in total. The highest BCUT2D eigenvalue weighted by Crippen LogP contribution is 2.25. The number of pyridine rings is 1. The van der Waals surface area contributed by atoms with E-state index in [-0.39, 0.29) is 0 Å². The summed E-state index contributed by atoms with van der Waals surface area (Å²) >= 11 is 11.9. The Morgan fingerprint density at radius 3 is 2.65 bits per heavy atom. The molecule has 0 aliphatic rings. The van der Waals surface area contributed by atoms with Crippen LogP contribution in [0.2, 0.25) is 10.0 Å². The number of hydrogen-bond acceptors (Lipinski definition) is 2. The van der Waals surface area contributed by atoms with E-state index in [0.29, 0.717) is 10.0 Å². The average Bonchev–Trinajstić information content (AvgIpc) is 2.92. The Morgan fingerprint density at radius 2 is 1.90 bits per heavy atom. The predicted octanol–water partition coefficient (Wildman–Crippen LogP) is 4.55. The number of halogens is 2. The molecule has 100 valence electrons. The van der Waals surface area contributed by atoms with Crippen LogP contribution in [0.15, 0.2) is 48.9 Å². The van der Waals surface area contributed by atoms with Gasteiger partial charge in [-0.1, -0.05) is 23.2 Å². The topological polar surface area (TPSA) is 30.7 Å². The molecule has 0 unspecified atom stereocenters. The van der Waals surface area contributed by atoms with Crippen molar-refractivity contribution in [3.8, 4) is 16.9 Å². The van der Waals surface area contributed by atoms with E-state index in [1.165, 1.54) is 0 Å². The molecule has 3 rings (SSSR count). The summed E-state index contributed by atoms with van der Waals surface area (Å²) in [6.45, 7) is 2.04. The molecule has 0 spiro atoms. The fourth-order valence-corrected chi connectivity index (χ4v) is 2.26. The van der Waals surface area contributed by atoms with Crippen LogP contribution < -0.4 is 0 Å². The third-order valence-electron chi connectivity index (χ3n) is 3.07. The van der Waals surface area contributed by atoms with Crippen molar-refractivity contribution in [3.05, 3.63) is 64.5 Å². The van der Waals surface area contributed by atoms with Crippen LogP contribution in [0.3, 0.4) is 0 Å². The van der Waals surface area contributed by atoms with Gasteiger partial charge in [0.15, 0.2) is 0 Å². The number of aromatic nitrogens is 3. The summed E-state index contributed by atoms with van der Waals surface area (Å²) in [4.78, 5) is 4.14. The van der Waals surface area contributed by atoms with E-state index in [0.717, 1.165) is 22.5 Å². The van der Waals surface area contributed by atoms with Crippen LogP contribution in [0.25, 0.3) is 16.9 Å². The molecule has 2 heterocycles. The summed E-state index contributed by atoms with van der Waals surface area (Å²) in [6.07, 6.45) is 5.48. The van der Waals surface area contributed by atoms with Crippen molar-refractivity contribution in [2.45, 2.75) is 6.92 Å². The number of nitrogens with zero attached hydrogens (tertiary/aromatic N) is 3. The molecule has 2 aromatic heterocycles. The zero-order chi connectivity index (χ0) is 14.1. The highest BCUT2D eigenvalue weighted by atomic mass is 35.5. The van der Waals surface area contributed by atoms with Gasteiger partial charge in [-0.25, -0.2) is 4.68 Å². The Kier molecular flexibility index (Phi) is 3.47. The van der Waals surface area contributed by atoms with Gasteiger partial charge in [0, 0.05) is 24.2 Å². The van der Waals surface area contributed by atoms with Gasteiger partial charge in [-0.3, -0.25) is 4.98 Å². The minimum Gasteiger partial charge on any atom is -0.264 e. The van der Waals surface area contributed by atoms with Crippen LogP contribution in [-0.4, -0.2) is 14.8 Å². The second kappa shape index (κ2) is 5.27.